The van der Waals surface area contributed by atoms with Crippen molar-refractivity contribution in [3.8, 4) is 11.1 Å². The minimum absolute atomic E-state index is 0.0448. The second-order valence-corrected chi connectivity index (χ2v) is 9.32. The first kappa shape index (κ1) is 24.2. The molecule has 34 heavy (non-hydrogen) atoms. The number of rotatable bonds is 11. The molecule has 0 spiro atoms. The van der Waals surface area contributed by atoms with E-state index in [0.29, 0.717) is 19.7 Å². The highest BCUT2D eigenvalue weighted by Crippen LogP contribution is 2.44. The van der Waals surface area contributed by atoms with Crippen molar-refractivity contribution < 1.29 is 19.1 Å². The van der Waals surface area contributed by atoms with Gasteiger partial charge in [0.2, 0.25) is 0 Å². The fourth-order valence-electron chi connectivity index (χ4n) is 4.98. The van der Waals surface area contributed by atoms with E-state index in [1.807, 2.05) is 24.3 Å². The molecule has 0 aromatic heterocycles. The lowest BCUT2D eigenvalue weighted by molar-refractivity contribution is -0.152. The molecule has 182 valence electrons. The Morgan fingerprint density at radius 1 is 1.06 bits per heavy atom. The van der Waals surface area contributed by atoms with Gasteiger partial charge in [0.1, 0.15) is 12.1 Å². The number of unbranched alkanes of at least 4 members (excludes halogenated alkanes) is 1. The van der Waals surface area contributed by atoms with E-state index in [9.17, 15) is 9.59 Å². The summed E-state index contributed by atoms with van der Waals surface area (Å²) in [4.78, 5) is 24.2. The zero-order valence-corrected chi connectivity index (χ0v) is 19.8. The van der Waals surface area contributed by atoms with E-state index >= 15 is 0 Å². The third-order valence-electron chi connectivity index (χ3n) is 7.10. The molecule has 0 bridgehead atoms. The molecule has 2 aromatic carbocycles. The van der Waals surface area contributed by atoms with Gasteiger partial charge in [-0.1, -0.05) is 55.0 Å². The van der Waals surface area contributed by atoms with Gasteiger partial charge >= 0.3 is 12.1 Å². The van der Waals surface area contributed by atoms with Crippen molar-refractivity contribution >= 4 is 12.1 Å². The summed E-state index contributed by atoms with van der Waals surface area (Å²) in [6, 6.07) is 16.5. The number of benzene rings is 2. The molecule has 1 fully saturated rings. The molecule has 0 aliphatic heterocycles. The Bertz CT molecular complexity index is 959. The largest absolute Gasteiger partial charge is 0.468 e. The summed E-state index contributed by atoms with van der Waals surface area (Å²) in [5.41, 5.74) is 10.5. The summed E-state index contributed by atoms with van der Waals surface area (Å²) in [7, 11) is 1.42. The summed E-state index contributed by atoms with van der Waals surface area (Å²) >= 11 is 0. The average molecular weight is 466 g/mol. The molecular formula is C27H35N3O4. The van der Waals surface area contributed by atoms with Gasteiger partial charge in [0.25, 0.3) is 0 Å². The van der Waals surface area contributed by atoms with Crippen molar-refractivity contribution in [3.05, 3.63) is 59.7 Å². The number of esters is 1. The highest BCUT2D eigenvalue weighted by atomic mass is 16.5. The van der Waals surface area contributed by atoms with Gasteiger partial charge in [-0.3, -0.25) is 4.79 Å². The summed E-state index contributed by atoms with van der Waals surface area (Å²) < 4.78 is 10.5. The van der Waals surface area contributed by atoms with E-state index in [4.69, 9.17) is 15.2 Å². The maximum absolute atomic E-state index is 12.3. The molecule has 7 heteroatoms. The summed E-state index contributed by atoms with van der Waals surface area (Å²) in [5.74, 6) is -0.133. The Kier molecular flexibility index (Phi) is 7.85. The van der Waals surface area contributed by atoms with Crippen LogP contribution in [0.1, 0.15) is 55.6 Å². The number of amides is 1. The number of hydrogen-bond donors (Lipinski definition) is 3. The zero-order valence-electron chi connectivity index (χ0n) is 19.8. The predicted octanol–water partition coefficient (Wildman–Crippen LogP) is 3.71. The van der Waals surface area contributed by atoms with Crippen LogP contribution in [0.3, 0.4) is 0 Å². The van der Waals surface area contributed by atoms with E-state index < -0.39 is 11.6 Å². The third-order valence-corrected chi connectivity index (χ3v) is 7.10. The van der Waals surface area contributed by atoms with Crippen LogP contribution >= 0.6 is 0 Å². The van der Waals surface area contributed by atoms with Gasteiger partial charge in [-0.05, 0) is 54.4 Å². The van der Waals surface area contributed by atoms with Crippen molar-refractivity contribution in [1.29, 1.82) is 0 Å². The summed E-state index contributed by atoms with van der Waals surface area (Å²) in [6.07, 6.45) is 4.76. The van der Waals surface area contributed by atoms with Gasteiger partial charge in [0.15, 0.2) is 0 Å². The van der Waals surface area contributed by atoms with Gasteiger partial charge in [-0.25, -0.2) is 4.79 Å². The number of alkyl carbamates (subject to hydrolysis) is 1. The molecule has 0 radical (unpaired) electrons. The lowest BCUT2D eigenvalue weighted by Crippen LogP contribution is -2.59. The number of ether oxygens (including phenoxy) is 2. The van der Waals surface area contributed by atoms with Gasteiger partial charge < -0.3 is 25.8 Å². The standard InChI is InChI=1S/C27H35N3O4/c1-33-25(31)27(14-8-15-27)30-17-19(28)9-6-7-16-29-26(32)34-18-24-22-12-4-2-10-20(22)21-11-3-5-13-23(21)24/h2-5,10-13,19,24,30H,6-9,14-18,28H2,1H3,(H,29,32)/t19-/m0/s1. The number of carbonyl (C=O) groups is 2. The molecule has 0 saturated heterocycles. The van der Waals surface area contributed by atoms with Crippen LogP contribution in [0.4, 0.5) is 4.79 Å². The van der Waals surface area contributed by atoms with E-state index in [0.717, 1.165) is 38.5 Å². The van der Waals surface area contributed by atoms with Crippen LogP contribution < -0.4 is 16.4 Å². The van der Waals surface area contributed by atoms with Crippen LogP contribution in [0, 0.1) is 0 Å². The molecule has 2 aliphatic carbocycles. The number of nitrogens with one attached hydrogen (secondary N) is 2. The monoisotopic (exact) mass is 465 g/mol. The Balaban J connectivity index is 1.13. The molecular weight excluding hydrogens is 430 g/mol. The van der Waals surface area contributed by atoms with Crippen LogP contribution in [0.25, 0.3) is 11.1 Å². The molecule has 0 heterocycles. The van der Waals surface area contributed by atoms with E-state index in [-0.39, 0.29) is 17.9 Å². The third kappa shape index (κ3) is 5.26. The average Bonchev–Trinajstić information content (AvgIpc) is 3.15. The quantitative estimate of drug-likeness (QED) is 0.345. The van der Waals surface area contributed by atoms with Crippen molar-refractivity contribution in [2.24, 2.45) is 5.73 Å². The smallest absolute Gasteiger partial charge is 0.407 e. The Labute approximate surface area is 201 Å². The molecule has 2 aromatic rings. The first-order chi connectivity index (χ1) is 16.5. The SMILES string of the molecule is COC(=O)C1(NC[C@@H](N)CCCCNC(=O)OCC2c3ccccc3-c3ccccc32)CCC1. The number of carbonyl (C=O) groups excluding carboxylic acids is 2. The number of nitrogens with two attached hydrogens (primary N) is 1. The van der Waals surface area contributed by atoms with Crippen molar-refractivity contribution in [3.63, 3.8) is 0 Å². The van der Waals surface area contributed by atoms with Crippen molar-refractivity contribution in [2.45, 2.75) is 56.0 Å². The van der Waals surface area contributed by atoms with Crippen LogP contribution in [0.5, 0.6) is 0 Å². The van der Waals surface area contributed by atoms with Gasteiger partial charge in [0.05, 0.1) is 7.11 Å². The zero-order chi connectivity index (χ0) is 24.0. The topological polar surface area (TPSA) is 103 Å². The van der Waals surface area contributed by atoms with E-state index in [1.54, 1.807) is 0 Å². The molecule has 0 unspecified atom stereocenters. The first-order valence-electron chi connectivity index (χ1n) is 12.2. The number of fused-ring (bicyclic) bond motifs is 3. The van der Waals surface area contributed by atoms with Crippen LogP contribution in [-0.2, 0) is 14.3 Å². The Morgan fingerprint density at radius 3 is 2.29 bits per heavy atom. The molecule has 7 nitrogen and oxygen atoms in total. The lowest BCUT2D eigenvalue weighted by Gasteiger charge is -2.40. The minimum atomic E-state index is -0.544. The molecule has 4 rings (SSSR count). The Hall–Kier alpha value is -2.90. The van der Waals surface area contributed by atoms with Gasteiger partial charge in [-0.15, -0.1) is 0 Å². The fraction of sp³-hybridized carbons (Fsp3) is 0.481. The van der Waals surface area contributed by atoms with Gasteiger partial charge in [-0.2, -0.15) is 0 Å². The molecule has 2 aliphatic rings. The lowest BCUT2D eigenvalue weighted by atomic mass is 9.76. The molecule has 1 amide bonds. The first-order valence-corrected chi connectivity index (χ1v) is 12.2. The van der Waals surface area contributed by atoms with Crippen molar-refractivity contribution in [2.75, 3.05) is 26.8 Å². The van der Waals surface area contributed by atoms with E-state index in [1.165, 1.54) is 29.4 Å². The second-order valence-electron chi connectivity index (χ2n) is 9.32. The maximum atomic E-state index is 12.3. The van der Waals surface area contributed by atoms with E-state index in [2.05, 4.69) is 34.9 Å². The molecule has 1 atom stereocenters. The van der Waals surface area contributed by atoms with Crippen molar-refractivity contribution in [1.82, 2.24) is 10.6 Å². The number of hydrogen-bond acceptors (Lipinski definition) is 6. The van der Waals surface area contributed by atoms with Crippen LogP contribution in [0.15, 0.2) is 48.5 Å². The Morgan fingerprint density at radius 2 is 1.71 bits per heavy atom. The van der Waals surface area contributed by atoms with Crippen LogP contribution in [-0.4, -0.2) is 50.4 Å². The maximum Gasteiger partial charge on any atom is 0.407 e. The second kappa shape index (κ2) is 11.0. The number of methoxy groups -OCH3 is 1. The highest BCUT2D eigenvalue weighted by Gasteiger charge is 2.44. The van der Waals surface area contributed by atoms with Gasteiger partial charge in [0, 0.05) is 25.0 Å². The molecule has 1 saturated carbocycles. The fourth-order valence-corrected chi connectivity index (χ4v) is 4.98. The predicted molar refractivity (Wildman–Crippen MR) is 131 cm³/mol. The normalized spacial score (nSPS) is 16.6. The van der Waals surface area contributed by atoms with Crippen LogP contribution in [0.2, 0.25) is 0 Å². The minimum Gasteiger partial charge on any atom is -0.468 e. The summed E-state index contributed by atoms with van der Waals surface area (Å²) in [6.45, 7) is 1.44. The molecule has 4 N–H and O–H groups in total. The summed E-state index contributed by atoms with van der Waals surface area (Å²) in [5, 5.41) is 6.16. The highest BCUT2D eigenvalue weighted by molar-refractivity contribution is 5.82.